The predicted octanol–water partition coefficient (Wildman–Crippen LogP) is 1.47. The van der Waals surface area contributed by atoms with Gasteiger partial charge in [0.2, 0.25) is 0 Å². The Morgan fingerprint density at radius 3 is 2.80 bits per heavy atom. The molecule has 0 spiro atoms. The SMILES string of the molecule is CCOC(=O)[C@H]1C[C@@]1(F)Cl. The van der Waals surface area contributed by atoms with Crippen molar-refractivity contribution in [1.82, 2.24) is 0 Å². The van der Waals surface area contributed by atoms with E-state index in [0.29, 0.717) is 0 Å². The van der Waals surface area contributed by atoms with Gasteiger partial charge >= 0.3 is 5.97 Å². The van der Waals surface area contributed by atoms with Crippen molar-refractivity contribution in [2.45, 2.75) is 18.5 Å². The van der Waals surface area contributed by atoms with Crippen LogP contribution in [0.3, 0.4) is 0 Å². The molecule has 1 saturated carbocycles. The van der Waals surface area contributed by atoms with E-state index in [4.69, 9.17) is 11.6 Å². The van der Waals surface area contributed by atoms with Crippen LogP contribution >= 0.6 is 11.6 Å². The van der Waals surface area contributed by atoms with Crippen LogP contribution < -0.4 is 0 Å². The van der Waals surface area contributed by atoms with E-state index in [9.17, 15) is 9.18 Å². The van der Waals surface area contributed by atoms with Gasteiger partial charge in [-0.05, 0) is 6.92 Å². The van der Waals surface area contributed by atoms with E-state index in [2.05, 4.69) is 4.74 Å². The van der Waals surface area contributed by atoms with Crippen LogP contribution in [-0.2, 0) is 9.53 Å². The van der Waals surface area contributed by atoms with Gasteiger partial charge < -0.3 is 4.74 Å². The summed E-state index contributed by atoms with van der Waals surface area (Å²) in [5, 5.41) is -1.81. The van der Waals surface area contributed by atoms with Crippen molar-refractivity contribution in [3.05, 3.63) is 0 Å². The molecule has 1 aliphatic carbocycles. The van der Waals surface area contributed by atoms with E-state index in [1.54, 1.807) is 6.92 Å². The smallest absolute Gasteiger partial charge is 0.313 e. The second-order valence-corrected chi connectivity index (χ2v) is 2.90. The molecule has 0 radical (unpaired) electrons. The largest absolute Gasteiger partial charge is 0.466 e. The molecule has 0 saturated heterocycles. The topological polar surface area (TPSA) is 26.3 Å². The van der Waals surface area contributed by atoms with Gasteiger partial charge in [0.15, 0.2) is 5.13 Å². The highest BCUT2D eigenvalue weighted by Gasteiger charge is 2.59. The molecule has 1 rings (SSSR count). The van der Waals surface area contributed by atoms with Crippen molar-refractivity contribution in [2.24, 2.45) is 5.92 Å². The first-order valence-corrected chi connectivity index (χ1v) is 3.50. The van der Waals surface area contributed by atoms with Gasteiger partial charge in [0.25, 0.3) is 0 Å². The average molecular weight is 167 g/mol. The van der Waals surface area contributed by atoms with Crippen molar-refractivity contribution in [2.75, 3.05) is 6.61 Å². The summed E-state index contributed by atoms with van der Waals surface area (Å²) < 4.78 is 17.0. The number of esters is 1. The summed E-state index contributed by atoms with van der Waals surface area (Å²) in [7, 11) is 0. The highest BCUT2D eigenvalue weighted by atomic mass is 35.5. The molecular weight excluding hydrogens is 159 g/mol. The third-order valence-corrected chi connectivity index (χ3v) is 1.81. The molecule has 0 aromatic carbocycles. The summed E-state index contributed by atoms with van der Waals surface area (Å²) in [5.41, 5.74) is 0. The first kappa shape index (κ1) is 7.79. The van der Waals surface area contributed by atoms with Crippen LogP contribution in [0.2, 0.25) is 0 Å². The molecule has 10 heavy (non-hydrogen) atoms. The molecule has 0 bridgehead atoms. The maximum absolute atomic E-state index is 12.5. The summed E-state index contributed by atoms with van der Waals surface area (Å²) in [6, 6.07) is 0. The maximum atomic E-state index is 12.5. The zero-order chi connectivity index (χ0) is 7.78. The fraction of sp³-hybridized carbons (Fsp3) is 0.833. The molecule has 0 aliphatic heterocycles. The Balaban J connectivity index is 2.33. The van der Waals surface area contributed by atoms with Crippen LogP contribution in [0.4, 0.5) is 4.39 Å². The minimum Gasteiger partial charge on any atom is -0.466 e. The van der Waals surface area contributed by atoms with E-state index in [1.807, 2.05) is 0 Å². The number of hydrogen-bond acceptors (Lipinski definition) is 2. The Hall–Kier alpha value is -0.310. The molecular formula is C6H8ClFO2. The molecule has 0 amide bonds. The van der Waals surface area contributed by atoms with Gasteiger partial charge in [-0.3, -0.25) is 4.79 Å². The van der Waals surface area contributed by atoms with Gasteiger partial charge in [-0.25, -0.2) is 4.39 Å². The number of alkyl halides is 2. The zero-order valence-electron chi connectivity index (χ0n) is 5.56. The van der Waals surface area contributed by atoms with E-state index >= 15 is 0 Å². The number of rotatable bonds is 2. The Morgan fingerprint density at radius 1 is 2.00 bits per heavy atom. The standard InChI is InChI=1S/C6H8ClFO2/c1-2-10-5(9)4-3-6(4,7)8/h4H,2-3H2,1H3/t4-,6+/m1/s1. The van der Waals surface area contributed by atoms with Crippen molar-refractivity contribution in [1.29, 1.82) is 0 Å². The maximum Gasteiger partial charge on any atom is 0.313 e. The lowest BCUT2D eigenvalue weighted by Gasteiger charge is -1.98. The summed E-state index contributed by atoms with van der Waals surface area (Å²) in [6.07, 6.45) is 0.0907. The minimum atomic E-state index is -1.81. The lowest BCUT2D eigenvalue weighted by Crippen LogP contribution is -2.10. The predicted molar refractivity (Wildman–Crippen MR) is 34.4 cm³/mol. The first-order valence-electron chi connectivity index (χ1n) is 3.12. The summed E-state index contributed by atoms with van der Waals surface area (Å²) >= 11 is 5.17. The second-order valence-electron chi connectivity index (χ2n) is 2.27. The number of carbonyl (C=O) groups excluding carboxylic acids is 1. The zero-order valence-corrected chi connectivity index (χ0v) is 6.32. The normalized spacial score (nSPS) is 37.3. The molecule has 0 unspecified atom stereocenters. The molecule has 0 N–H and O–H groups in total. The van der Waals surface area contributed by atoms with E-state index in [-0.39, 0.29) is 13.0 Å². The number of carbonyl (C=O) groups is 1. The van der Waals surface area contributed by atoms with Crippen molar-refractivity contribution >= 4 is 17.6 Å². The van der Waals surface area contributed by atoms with E-state index < -0.39 is 17.0 Å². The molecule has 0 aromatic heterocycles. The fourth-order valence-electron chi connectivity index (χ4n) is 0.712. The summed E-state index contributed by atoms with van der Waals surface area (Å²) in [5.74, 6) is -1.26. The highest BCUT2D eigenvalue weighted by molar-refractivity contribution is 6.26. The van der Waals surface area contributed by atoms with Gasteiger partial charge in [0, 0.05) is 6.42 Å². The van der Waals surface area contributed by atoms with Gasteiger partial charge in [0.1, 0.15) is 5.92 Å². The molecule has 1 fully saturated rings. The summed E-state index contributed by atoms with van der Waals surface area (Å²) in [4.78, 5) is 10.7. The van der Waals surface area contributed by atoms with Crippen molar-refractivity contribution < 1.29 is 13.9 Å². The molecule has 1 aliphatic rings. The highest BCUT2D eigenvalue weighted by Crippen LogP contribution is 2.51. The molecule has 0 aromatic rings. The van der Waals surface area contributed by atoms with Crippen LogP contribution in [-0.4, -0.2) is 17.7 Å². The number of ether oxygens (including phenoxy) is 1. The molecule has 2 nitrogen and oxygen atoms in total. The number of halogens is 2. The monoisotopic (exact) mass is 166 g/mol. The first-order chi connectivity index (χ1) is 4.58. The van der Waals surface area contributed by atoms with E-state index in [0.717, 1.165) is 0 Å². The molecule has 4 heteroatoms. The van der Waals surface area contributed by atoms with Crippen LogP contribution in [0.5, 0.6) is 0 Å². The number of hydrogen-bond donors (Lipinski definition) is 0. The van der Waals surface area contributed by atoms with Crippen LogP contribution in [0, 0.1) is 5.92 Å². The van der Waals surface area contributed by atoms with Crippen molar-refractivity contribution in [3.8, 4) is 0 Å². The average Bonchev–Trinajstić information content (AvgIpc) is 2.41. The van der Waals surface area contributed by atoms with Crippen LogP contribution in [0.1, 0.15) is 13.3 Å². The minimum absolute atomic E-state index is 0.0907. The lowest BCUT2D eigenvalue weighted by atomic mass is 10.4. The molecule has 58 valence electrons. The van der Waals surface area contributed by atoms with Crippen LogP contribution in [0.25, 0.3) is 0 Å². The van der Waals surface area contributed by atoms with Crippen molar-refractivity contribution in [3.63, 3.8) is 0 Å². The van der Waals surface area contributed by atoms with E-state index in [1.165, 1.54) is 0 Å². The third-order valence-electron chi connectivity index (χ3n) is 1.40. The van der Waals surface area contributed by atoms with Gasteiger partial charge in [-0.15, -0.1) is 0 Å². The lowest BCUT2D eigenvalue weighted by molar-refractivity contribution is -0.145. The Bertz CT molecular complexity index is 158. The molecule has 2 atom stereocenters. The summed E-state index contributed by atoms with van der Waals surface area (Å²) in [6.45, 7) is 1.96. The third kappa shape index (κ3) is 1.40. The Labute approximate surface area is 63.3 Å². The Morgan fingerprint density at radius 2 is 2.50 bits per heavy atom. The van der Waals surface area contributed by atoms with Crippen LogP contribution in [0.15, 0.2) is 0 Å². The van der Waals surface area contributed by atoms with Gasteiger partial charge in [0.05, 0.1) is 6.61 Å². The Kier molecular flexibility index (Phi) is 1.86. The van der Waals surface area contributed by atoms with Gasteiger partial charge in [-0.1, -0.05) is 11.6 Å². The van der Waals surface area contributed by atoms with Gasteiger partial charge in [-0.2, -0.15) is 0 Å². The molecule has 0 heterocycles. The second kappa shape index (κ2) is 2.38. The fourth-order valence-corrected chi connectivity index (χ4v) is 0.955. The quantitative estimate of drug-likeness (QED) is 0.459.